The molecule has 0 unspecified atom stereocenters. The van der Waals surface area contributed by atoms with Crippen LogP contribution in [0.3, 0.4) is 0 Å². The van der Waals surface area contributed by atoms with E-state index in [0.29, 0.717) is 50.6 Å². The molecule has 0 atom stereocenters. The molecule has 1 saturated heterocycles. The lowest BCUT2D eigenvalue weighted by Gasteiger charge is -2.39. The van der Waals surface area contributed by atoms with E-state index in [0.717, 1.165) is 19.4 Å². The second-order valence-electron chi connectivity index (χ2n) is 12.9. The zero-order valence-electron chi connectivity index (χ0n) is 25.6. The maximum Gasteiger partial charge on any atom is 0.410 e. The summed E-state index contributed by atoms with van der Waals surface area (Å²) in [5, 5.41) is 0. The molecule has 1 aromatic carbocycles. The van der Waals surface area contributed by atoms with Gasteiger partial charge in [0.05, 0.1) is 17.7 Å². The van der Waals surface area contributed by atoms with Crippen molar-refractivity contribution in [3.8, 4) is 11.4 Å². The minimum Gasteiger partial charge on any atom is -0.444 e. The number of hydrogen-bond acceptors (Lipinski definition) is 7. The molecule has 11 heteroatoms. The van der Waals surface area contributed by atoms with E-state index in [1.807, 2.05) is 25.7 Å². The predicted octanol–water partition coefficient (Wildman–Crippen LogP) is 4.79. The molecular formula is C32H42FN5O5. The van der Waals surface area contributed by atoms with Crippen molar-refractivity contribution in [3.63, 3.8) is 0 Å². The Labute approximate surface area is 252 Å². The highest BCUT2D eigenvalue weighted by molar-refractivity contribution is 5.95. The highest BCUT2D eigenvalue weighted by Crippen LogP contribution is 2.34. The molecular weight excluding hydrogens is 553 g/mol. The van der Waals surface area contributed by atoms with E-state index in [9.17, 15) is 14.4 Å². The fourth-order valence-electron chi connectivity index (χ4n) is 5.25. The van der Waals surface area contributed by atoms with E-state index in [1.54, 1.807) is 18.0 Å². The summed E-state index contributed by atoms with van der Waals surface area (Å²) in [4.78, 5) is 52.6. The summed E-state index contributed by atoms with van der Waals surface area (Å²) in [7, 11) is 1.67. The number of halogens is 1. The topological polar surface area (TPSA) is 105 Å². The number of carbonyl (C=O) groups excluding carboxylic acids is 3. The smallest absolute Gasteiger partial charge is 0.410 e. The lowest BCUT2D eigenvalue weighted by atomic mass is 10.0. The van der Waals surface area contributed by atoms with Gasteiger partial charge in [0, 0.05) is 63.3 Å². The molecule has 5 rings (SSSR count). The number of rotatable bonds is 10. The molecule has 0 radical (unpaired) electrons. The average Bonchev–Trinajstić information content (AvgIpc) is 3.91. The highest BCUT2D eigenvalue weighted by Gasteiger charge is 2.40. The Hall–Kier alpha value is -3.60. The highest BCUT2D eigenvalue weighted by atomic mass is 19.1. The second kappa shape index (κ2) is 13.0. The van der Waals surface area contributed by atoms with Gasteiger partial charge in [-0.15, -0.1) is 0 Å². The van der Waals surface area contributed by atoms with E-state index in [2.05, 4.69) is 9.97 Å². The third-order valence-electron chi connectivity index (χ3n) is 8.01. The number of nitrogens with zero attached hydrogens (tertiary/aromatic N) is 5. The summed E-state index contributed by atoms with van der Waals surface area (Å²) >= 11 is 0. The first-order valence-electron chi connectivity index (χ1n) is 15.3. The number of aromatic nitrogens is 2. The minimum atomic E-state index is -0.611. The van der Waals surface area contributed by atoms with Crippen LogP contribution in [0.1, 0.15) is 80.0 Å². The number of likely N-dealkylation sites (tertiary alicyclic amines) is 1. The van der Waals surface area contributed by atoms with Crippen LogP contribution in [0.25, 0.3) is 11.4 Å². The zero-order valence-corrected chi connectivity index (χ0v) is 25.6. The maximum absolute atomic E-state index is 15.1. The zero-order chi connectivity index (χ0) is 30.7. The van der Waals surface area contributed by atoms with Crippen molar-refractivity contribution in [2.75, 3.05) is 39.9 Å². The molecule has 2 heterocycles. The summed E-state index contributed by atoms with van der Waals surface area (Å²) in [5.74, 6) is -0.266. The number of benzene rings is 1. The second-order valence-corrected chi connectivity index (χ2v) is 12.9. The van der Waals surface area contributed by atoms with Crippen molar-refractivity contribution in [2.24, 2.45) is 5.92 Å². The SMILES string of the molecule is CN(CCOCC1CC1)C(=O)c1ccc(-c2ncc(C(=O)N(C3CC3)C3CCN(C(=O)OC(C)(C)C)CC3)cn2)c(F)c1. The lowest BCUT2D eigenvalue weighted by Crippen LogP contribution is -2.50. The fraction of sp³-hybridized carbons (Fsp3) is 0.594. The molecule has 0 N–H and O–H groups in total. The van der Waals surface area contributed by atoms with E-state index < -0.39 is 11.4 Å². The number of carbonyl (C=O) groups is 3. The summed E-state index contributed by atoms with van der Waals surface area (Å²) < 4.78 is 26.2. The Balaban J connectivity index is 1.19. The Morgan fingerprint density at radius 2 is 1.60 bits per heavy atom. The number of ether oxygens (including phenoxy) is 2. The molecule has 2 aromatic rings. The van der Waals surface area contributed by atoms with Gasteiger partial charge in [-0.1, -0.05) is 0 Å². The van der Waals surface area contributed by atoms with Gasteiger partial charge in [0.2, 0.25) is 0 Å². The molecule has 1 aliphatic heterocycles. The van der Waals surface area contributed by atoms with Crippen molar-refractivity contribution < 1.29 is 28.2 Å². The van der Waals surface area contributed by atoms with Crippen LogP contribution in [0.2, 0.25) is 0 Å². The van der Waals surface area contributed by atoms with Gasteiger partial charge in [-0.3, -0.25) is 9.59 Å². The van der Waals surface area contributed by atoms with Crippen LogP contribution in [-0.2, 0) is 9.47 Å². The van der Waals surface area contributed by atoms with Gasteiger partial charge in [-0.25, -0.2) is 19.2 Å². The summed E-state index contributed by atoms with van der Waals surface area (Å²) in [6, 6.07) is 4.41. The monoisotopic (exact) mass is 595 g/mol. The van der Waals surface area contributed by atoms with Crippen LogP contribution < -0.4 is 0 Å². The molecule has 3 aliphatic rings. The van der Waals surface area contributed by atoms with E-state index in [1.165, 1.54) is 42.3 Å². The van der Waals surface area contributed by atoms with Gasteiger partial charge in [0.15, 0.2) is 5.82 Å². The Kier molecular flexibility index (Phi) is 9.29. The van der Waals surface area contributed by atoms with E-state index in [4.69, 9.17) is 9.47 Å². The molecule has 1 aromatic heterocycles. The van der Waals surface area contributed by atoms with Gasteiger partial charge in [-0.05, 0) is 83.4 Å². The lowest BCUT2D eigenvalue weighted by molar-refractivity contribution is 0.0142. The van der Waals surface area contributed by atoms with Gasteiger partial charge in [0.25, 0.3) is 11.8 Å². The molecule has 2 aliphatic carbocycles. The Morgan fingerprint density at radius 3 is 2.19 bits per heavy atom. The number of amides is 3. The van der Waals surface area contributed by atoms with E-state index in [-0.39, 0.29) is 46.9 Å². The first-order valence-corrected chi connectivity index (χ1v) is 15.3. The third-order valence-corrected chi connectivity index (χ3v) is 8.01. The van der Waals surface area contributed by atoms with Crippen molar-refractivity contribution in [1.29, 1.82) is 0 Å². The quantitative estimate of drug-likeness (QED) is 0.364. The van der Waals surface area contributed by atoms with Crippen LogP contribution in [0.15, 0.2) is 30.6 Å². The summed E-state index contributed by atoms with van der Waals surface area (Å²) in [5.41, 5.74) is 0.164. The molecule has 3 amide bonds. The molecule has 3 fully saturated rings. The van der Waals surface area contributed by atoms with Crippen LogP contribution in [0.5, 0.6) is 0 Å². The first-order chi connectivity index (χ1) is 20.5. The largest absolute Gasteiger partial charge is 0.444 e. The van der Waals surface area contributed by atoms with Gasteiger partial charge in [-0.2, -0.15) is 0 Å². The molecule has 0 spiro atoms. The molecule has 43 heavy (non-hydrogen) atoms. The van der Waals surface area contributed by atoms with Gasteiger partial charge in [0.1, 0.15) is 11.4 Å². The van der Waals surface area contributed by atoms with Crippen molar-refractivity contribution in [3.05, 3.63) is 47.5 Å². The minimum absolute atomic E-state index is 0.00350. The van der Waals surface area contributed by atoms with Crippen molar-refractivity contribution >= 4 is 17.9 Å². The van der Waals surface area contributed by atoms with Crippen molar-refractivity contribution in [1.82, 2.24) is 24.7 Å². The van der Waals surface area contributed by atoms with Gasteiger partial charge < -0.3 is 24.2 Å². The average molecular weight is 596 g/mol. The number of piperidine rings is 1. The van der Waals surface area contributed by atoms with Gasteiger partial charge >= 0.3 is 6.09 Å². The third kappa shape index (κ3) is 8.07. The Morgan fingerprint density at radius 1 is 0.953 bits per heavy atom. The van der Waals surface area contributed by atoms with Crippen molar-refractivity contribution in [2.45, 2.75) is 77.0 Å². The van der Waals surface area contributed by atoms with Crippen LogP contribution in [-0.4, -0.2) is 100 Å². The Bertz CT molecular complexity index is 1310. The summed E-state index contributed by atoms with van der Waals surface area (Å²) in [6.45, 7) is 8.17. The molecule has 0 bridgehead atoms. The summed E-state index contributed by atoms with van der Waals surface area (Å²) in [6.07, 6.45) is 8.17. The molecule has 2 saturated carbocycles. The fourth-order valence-corrected chi connectivity index (χ4v) is 5.25. The molecule has 10 nitrogen and oxygen atoms in total. The van der Waals surface area contributed by atoms with Crippen LogP contribution >= 0.6 is 0 Å². The van der Waals surface area contributed by atoms with E-state index >= 15 is 4.39 Å². The molecule has 232 valence electrons. The normalized spacial score (nSPS) is 17.5. The predicted molar refractivity (Wildman–Crippen MR) is 158 cm³/mol. The number of hydrogen-bond donors (Lipinski definition) is 0. The first kappa shape index (κ1) is 30.8. The standard InChI is InChI=1S/C32H42FN5O5/c1-32(2,3)43-31(41)37-13-11-25(12-14-37)38(24-8-9-24)30(40)23-18-34-28(35-19-23)26-10-7-22(17-27(26)33)29(39)36(4)15-16-42-20-21-5-6-21/h7,10,17-19,21,24-25H,5-6,8-9,11-16,20H2,1-4H3. The number of likely N-dealkylation sites (N-methyl/N-ethyl adjacent to an activating group) is 1. The van der Waals surface area contributed by atoms with Crippen LogP contribution in [0.4, 0.5) is 9.18 Å². The van der Waals surface area contributed by atoms with Crippen LogP contribution in [0, 0.1) is 11.7 Å². The maximum atomic E-state index is 15.1.